The first kappa shape index (κ1) is 27.0. The third-order valence-electron chi connectivity index (χ3n) is 7.85. The van der Waals surface area contributed by atoms with Gasteiger partial charge >= 0.3 is 5.97 Å². The number of carbonyl (C=O) groups excluding carboxylic acids is 3. The summed E-state index contributed by atoms with van der Waals surface area (Å²) in [6.45, 7) is 6.76. The van der Waals surface area contributed by atoms with Crippen LogP contribution >= 0.6 is 0 Å². The molecule has 3 heterocycles. The summed E-state index contributed by atoms with van der Waals surface area (Å²) in [4.78, 5) is 50.0. The van der Waals surface area contributed by atoms with Gasteiger partial charge in [0.1, 0.15) is 5.76 Å². The van der Waals surface area contributed by atoms with Gasteiger partial charge in [-0.25, -0.2) is 4.79 Å². The summed E-state index contributed by atoms with van der Waals surface area (Å²) in [7, 11) is 0. The Kier molecular flexibility index (Phi) is 7.61. The molecule has 1 aliphatic carbocycles. The smallest absolute Gasteiger partial charge is 0.343 e. The molecule has 202 valence electrons. The van der Waals surface area contributed by atoms with Gasteiger partial charge in [-0.3, -0.25) is 19.6 Å². The Morgan fingerprint density at radius 2 is 1.48 bits per heavy atom. The first-order valence-corrected chi connectivity index (χ1v) is 13.4. The number of esters is 1. The molecule has 1 saturated heterocycles. The molecule has 0 bridgehead atoms. The molecule has 1 fully saturated rings. The van der Waals surface area contributed by atoms with Gasteiger partial charge in [0.05, 0.1) is 11.1 Å². The van der Waals surface area contributed by atoms with Crippen LogP contribution in [0.4, 0.5) is 0 Å². The third kappa shape index (κ3) is 5.43. The van der Waals surface area contributed by atoms with Gasteiger partial charge in [0.15, 0.2) is 5.78 Å². The van der Waals surface area contributed by atoms with Gasteiger partial charge in [-0.05, 0) is 92.1 Å². The van der Waals surface area contributed by atoms with Gasteiger partial charge in [0.25, 0.3) is 5.91 Å². The third-order valence-corrected chi connectivity index (χ3v) is 7.85. The monoisotopic (exact) mass is 533 g/mol. The number of Topliss-reactive ketones (excluding diaryl/α,β-unsaturated/α-hetero) is 1. The van der Waals surface area contributed by atoms with Crippen LogP contribution in [-0.4, -0.2) is 45.6 Å². The zero-order valence-corrected chi connectivity index (χ0v) is 23.0. The lowest BCUT2D eigenvalue weighted by Crippen LogP contribution is -2.45. The van der Waals surface area contributed by atoms with Gasteiger partial charge in [-0.15, -0.1) is 5.92 Å². The van der Waals surface area contributed by atoms with Crippen molar-refractivity contribution in [3.05, 3.63) is 100 Å². The molecule has 2 aliphatic rings. The lowest BCUT2D eigenvalue weighted by Gasteiger charge is -2.44. The highest BCUT2D eigenvalue weighted by atomic mass is 16.5. The van der Waals surface area contributed by atoms with Crippen LogP contribution < -0.4 is 0 Å². The number of hydrogen-bond donors (Lipinski definition) is 0. The molecule has 1 aromatic carbocycles. The van der Waals surface area contributed by atoms with Crippen molar-refractivity contribution in [3.8, 4) is 11.8 Å². The van der Waals surface area contributed by atoms with E-state index in [0.29, 0.717) is 61.2 Å². The van der Waals surface area contributed by atoms with E-state index in [-0.39, 0.29) is 17.1 Å². The maximum absolute atomic E-state index is 14.0. The molecule has 2 aromatic heterocycles. The van der Waals surface area contributed by atoms with E-state index in [1.165, 1.54) is 12.4 Å². The lowest BCUT2D eigenvalue weighted by molar-refractivity contribution is -0.117. The van der Waals surface area contributed by atoms with Gasteiger partial charge in [-0.2, -0.15) is 0 Å². The standard InChI is InChI=1S/C33H31N3O4/c1-4-5-24-18-22(2)29(23(3)19-24)30-27(37)20-33(21-28(30)40-32(39)26-8-14-35-15-9-26)10-16-36(17-11-33)31(38)25-6-12-34-13-7-25/h6-9,12-15,18-19H,10-11,16-17,20-21H2,1-3H3. The number of rotatable bonds is 4. The highest BCUT2D eigenvalue weighted by Gasteiger charge is 2.45. The van der Waals surface area contributed by atoms with Gasteiger partial charge in [0, 0.05) is 61.8 Å². The number of carbonyl (C=O) groups is 3. The Morgan fingerprint density at radius 3 is 2.05 bits per heavy atom. The van der Waals surface area contributed by atoms with Crippen molar-refractivity contribution in [2.45, 2.75) is 46.5 Å². The van der Waals surface area contributed by atoms with E-state index in [4.69, 9.17) is 4.74 Å². The number of ketones is 1. The number of hydrogen-bond acceptors (Lipinski definition) is 6. The fraction of sp³-hybridized carbons (Fsp3) is 0.303. The Balaban J connectivity index is 1.49. The second kappa shape index (κ2) is 11.3. The Morgan fingerprint density at radius 1 is 0.900 bits per heavy atom. The van der Waals surface area contributed by atoms with Crippen LogP contribution in [0.5, 0.6) is 0 Å². The SMILES string of the molecule is CC#Cc1cc(C)c(C2=C(OC(=O)c3ccncc3)CC3(CCN(C(=O)c4ccncc4)CC3)CC2=O)c(C)c1. The van der Waals surface area contributed by atoms with E-state index in [2.05, 4.69) is 21.8 Å². The van der Waals surface area contributed by atoms with E-state index in [0.717, 1.165) is 22.3 Å². The normalized spacial score (nSPS) is 16.4. The maximum atomic E-state index is 14.0. The zero-order chi connectivity index (χ0) is 28.3. The second-order valence-electron chi connectivity index (χ2n) is 10.6. The molecule has 1 amide bonds. The molecular formula is C33H31N3O4. The highest BCUT2D eigenvalue weighted by Crippen LogP contribution is 2.49. The van der Waals surface area contributed by atoms with Crippen LogP contribution in [0, 0.1) is 31.1 Å². The summed E-state index contributed by atoms with van der Waals surface area (Å²) in [5, 5.41) is 0. The molecule has 0 N–H and O–H groups in total. The molecule has 0 saturated carbocycles. The summed E-state index contributed by atoms with van der Waals surface area (Å²) in [5.41, 5.74) is 4.54. The predicted molar refractivity (Wildman–Crippen MR) is 151 cm³/mol. The molecule has 1 spiro atoms. The molecule has 0 atom stereocenters. The topological polar surface area (TPSA) is 89.5 Å². The van der Waals surface area contributed by atoms with Crippen LogP contribution in [0.1, 0.15) is 75.6 Å². The second-order valence-corrected chi connectivity index (χ2v) is 10.6. The molecule has 7 nitrogen and oxygen atoms in total. The quantitative estimate of drug-likeness (QED) is 0.333. The number of pyridine rings is 2. The number of ether oxygens (including phenoxy) is 1. The highest BCUT2D eigenvalue weighted by molar-refractivity contribution is 6.23. The van der Waals surface area contributed by atoms with Crippen molar-refractivity contribution in [2.24, 2.45) is 5.41 Å². The number of aryl methyl sites for hydroxylation is 2. The van der Waals surface area contributed by atoms with Crippen molar-refractivity contribution in [2.75, 3.05) is 13.1 Å². The fourth-order valence-corrected chi connectivity index (χ4v) is 5.89. The first-order chi connectivity index (χ1) is 19.3. The Bertz CT molecular complexity index is 1530. The average molecular weight is 534 g/mol. The molecule has 0 unspecified atom stereocenters. The van der Waals surface area contributed by atoms with Crippen LogP contribution in [0.15, 0.2) is 66.9 Å². The molecule has 3 aromatic rings. The molecule has 1 aliphatic heterocycles. The number of likely N-dealkylation sites (tertiary alicyclic amines) is 1. The molecule has 5 rings (SSSR count). The number of allylic oxidation sites excluding steroid dienone is 2. The minimum absolute atomic E-state index is 0.0403. The minimum Gasteiger partial charge on any atom is -0.427 e. The minimum atomic E-state index is -0.520. The van der Waals surface area contributed by atoms with E-state index < -0.39 is 5.97 Å². The summed E-state index contributed by atoms with van der Waals surface area (Å²) in [5.74, 6) is 5.81. The van der Waals surface area contributed by atoms with Crippen LogP contribution in [0.25, 0.3) is 5.57 Å². The Labute approximate surface area is 234 Å². The number of benzene rings is 1. The molecule has 7 heteroatoms. The molecular weight excluding hydrogens is 502 g/mol. The zero-order valence-electron chi connectivity index (χ0n) is 23.0. The van der Waals surface area contributed by atoms with E-state index in [9.17, 15) is 14.4 Å². The average Bonchev–Trinajstić information content (AvgIpc) is 2.95. The number of piperidine rings is 1. The van der Waals surface area contributed by atoms with Crippen molar-refractivity contribution < 1.29 is 19.1 Å². The molecule has 40 heavy (non-hydrogen) atoms. The Hall–Kier alpha value is -4.57. The predicted octanol–water partition coefficient (Wildman–Crippen LogP) is 5.32. The number of nitrogens with zero attached hydrogens (tertiary/aromatic N) is 3. The van der Waals surface area contributed by atoms with E-state index in [1.807, 2.05) is 30.9 Å². The number of amides is 1. The van der Waals surface area contributed by atoms with E-state index in [1.54, 1.807) is 43.6 Å². The maximum Gasteiger partial charge on any atom is 0.343 e. The molecule has 0 radical (unpaired) electrons. The summed E-state index contributed by atoms with van der Waals surface area (Å²) in [6.07, 6.45) is 8.36. The van der Waals surface area contributed by atoms with Crippen molar-refractivity contribution in [1.82, 2.24) is 14.9 Å². The summed E-state index contributed by atoms with van der Waals surface area (Å²) in [6, 6.07) is 10.6. The van der Waals surface area contributed by atoms with Crippen LogP contribution in [0.2, 0.25) is 0 Å². The largest absolute Gasteiger partial charge is 0.427 e. The van der Waals surface area contributed by atoms with Gasteiger partial charge in [-0.1, -0.05) is 5.92 Å². The fourth-order valence-electron chi connectivity index (χ4n) is 5.89. The van der Waals surface area contributed by atoms with Gasteiger partial charge < -0.3 is 9.64 Å². The van der Waals surface area contributed by atoms with Crippen molar-refractivity contribution >= 4 is 23.2 Å². The summed E-state index contributed by atoms with van der Waals surface area (Å²) >= 11 is 0. The van der Waals surface area contributed by atoms with E-state index >= 15 is 0 Å². The summed E-state index contributed by atoms with van der Waals surface area (Å²) < 4.78 is 6.05. The van der Waals surface area contributed by atoms with Crippen molar-refractivity contribution in [3.63, 3.8) is 0 Å². The first-order valence-electron chi connectivity index (χ1n) is 13.4. The van der Waals surface area contributed by atoms with Crippen molar-refractivity contribution in [1.29, 1.82) is 0 Å². The number of aromatic nitrogens is 2. The lowest BCUT2D eigenvalue weighted by atomic mass is 9.66. The van der Waals surface area contributed by atoms with Crippen LogP contribution in [0.3, 0.4) is 0 Å². The van der Waals surface area contributed by atoms with Gasteiger partial charge in [0.2, 0.25) is 0 Å². The van der Waals surface area contributed by atoms with Crippen LogP contribution in [-0.2, 0) is 9.53 Å².